The lowest BCUT2D eigenvalue weighted by Crippen LogP contribution is -2.46. The zero-order valence-electron chi connectivity index (χ0n) is 13.9. The van der Waals surface area contributed by atoms with Crippen molar-refractivity contribution in [3.8, 4) is 11.5 Å². The molecule has 3 N–H and O–H groups in total. The van der Waals surface area contributed by atoms with E-state index in [9.17, 15) is 4.79 Å². The Hall–Kier alpha value is -1.75. The number of hydrogen-bond acceptors (Lipinski definition) is 4. The van der Waals surface area contributed by atoms with Crippen LogP contribution in [0.25, 0.3) is 0 Å². The molecular weight excluding hydrogens is 282 g/mol. The third-order valence-corrected chi connectivity index (χ3v) is 4.03. The minimum atomic E-state index is -1.17. The maximum Gasteiger partial charge on any atom is 0.323 e. The Bertz CT molecular complexity index is 477. The first kappa shape index (κ1) is 18.3. The standard InChI is InChI=1S/C17H27NO4/c1-5-12(11-17(2,18)16(19)20)6-7-13-8-14(21-3)10-15(9-13)22-4/h8-10,12H,5-7,11,18H2,1-4H3,(H,19,20). The van der Waals surface area contributed by atoms with Gasteiger partial charge in [-0.1, -0.05) is 13.3 Å². The van der Waals surface area contributed by atoms with Crippen LogP contribution in [-0.4, -0.2) is 30.8 Å². The lowest BCUT2D eigenvalue weighted by molar-refractivity contribution is -0.143. The first-order valence-electron chi connectivity index (χ1n) is 7.56. The second kappa shape index (κ2) is 8.03. The monoisotopic (exact) mass is 309 g/mol. The molecule has 0 bridgehead atoms. The summed E-state index contributed by atoms with van der Waals surface area (Å²) in [6.45, 7) is 3.64. The van der Waals surface area contributed by atoms with Crippen LogP contribution < -0.4 is 15.2 Å². The van der Waals surface area contributed by atoms with Crippen molar-refractivity contribution in [3.63, 3.8) is 0 Å². The lowest BCUT2D eigenvalue weighted by atomic mass is 9.85. The average Bonchev–Trinajstić information content (AvgIpc) is 2.50. The van der Waals surface area contributed by atoms with Gasteiger partial charge in [-0.3, -0.25) is 4.79 Å². The number of carboxylic acid groups (broad SMARTS) is 1. The minimum absolute atomic E-state index is 0.267. The second-order valence-electron chi connectivity index (χ2n) is 5.96. The number of aryl methyl sites for hydroxylation is 1. The van der Waals surface area contributed by atoms with E-state index in [4.69, 9.17) is 20.3 Å². The van der Waals surface area contributed by atoms with E-state index < -0.39 is 11.5 Å². The second-order valence-corrected chi connectivity index (χ2v) is 5.96. The van der Waals surface area contributed by atoms with Gasteiger partial charge in [0.15, 0.2) is 0 Å². The highest BCUT2D eigenvalue weighted by Gasteiger charge is 2.30. The van der Waals surface area contributed by atoms with Crippen molar-refractivity contribution in [3.05, 3.63) is 23.8 Å². The molecule has 1 rings (SSSR count). The number of hydrogen-bond donors (Lipinski definition) is 2. The first-order valence-corrected chi connectivity index (χ1v) is 7.56. The van der Waals surface area contributed by atoms with Crippen molar-refractivity contribution in [1.82, 2.24) is 0 Å². The molecule has 5 nitrogen and oxygen atoms in total. The van der Waals surface area contributed by atoms with E-state index in [1.165, 1.54) is 0 Å². The van der Waals surface area contributed by atoms with Gasteiger partial charge < -0.3 is 20.3 Å². The molecule has 0 aliphatic rings. The molecule has 0 aromatic heterocycles. The van der Waals surface area contributed by atoms with Crippen LogP contribution in [0.2, 0.25) is 0 Å². The smallest absolute Gasteiger partial charge is 0.323 e. The Morgan fingerprint density at radius 1 is 1.27 bits per heavy atom. The van der Waals surface area contributed by atoms with Crippen LogP contribution in [-0.2, 0) is 11.2 Å². The summed E-state index contributed by atoms with van der Waals surface area (Å²) < 4.78 is 10.5. The zero-order valence-corrected chi connectivity index (χ0v) is 13.9. The molecule has 124 valence electrons. The Labute approximate surface area is 132 Å². The van der Waals surface area contributed by atoms with Gasteiger partial charge in [0.2, 0.25) is 0 Å². The number of ether oxygens (including phenoxy) is 2. The normalized spacial score (nSPS) is 15.0. The van der Waals surface area contributed by atoms with Gasteiger partial charge in [0.25, 0.3) is 0 Å². The summed E-state index contributed by atoms with van der Waals surface area (Å²) in [6.07, 6.45) is 3.09. The molecule has 0 aliphatic heterocycles. The van der Waals surface area contributed by atoms with Crippen molar-refractivity contribution >= 4 is 5.97 Å². The van der Waals surface area contributed by atoms with Gasteiger partial charge >= 0.3 is 5.97 Å². The van der Waals surface area contributed by atoms with Crippen LogP contribution in [0.15, 0.2) is 18.2 Å². The van der Waals surface area contributed by atoms with Crippen LogP contribution in [0.1, 0.15) is 38.7 Å². The molecule has 2 atom stereocenters. The van der Waals surface area contributed by atoms with Crippen LogP contribution in [0.5, 0.6) is 11.5 Å². The topological polar surface area (TPSA) is 81.8 Å². The molecule has 1 aromatic rings. The Morgan fingerprint density at radius 2 is 1.82 bits per heavy atom. The summed E-state index contributed by atoms with van der Waals surface area (Å²) in [7, 11) is 3.25. The van der Waals surface area contributed by atoms with E-state index >= 15 is 0 Å². The average molecular weight is 309 g/mol. The highest BCUT2D eigenvalue weighted by Crippen LogP contribution is 2.27. The summed E-state index contributed by atoms with van der Waals surface area (Å²) in [5, 5.41) is 9.15. The first-order chi connectivity index (χ1) is 10.3. The number of methoxy groups -OCH3 is 2. The van der Waals surface area contributed by atoms with Crippen LogP contribution in [0.3, 0.4) is 0 Å². The molecule has 22 heavy (non-hydrogen) atoms. The molecule has 0 spiro atoms. The summed E-state index contributed by atoms with van der Waals surface area (Å²) in [6, 6.07) is 5.80. The molecule has 0 aliphatic carbocycles. The number of benzene rings is 1. The van der Waals surface area contributed by atoms with E-state index in [0.717, 1.165) is 36.3 Å². The van der Waals surface area contributed by atoms with Gasteiger partial charge in [0.1, 0.15) is 17.0 Å². The predicted molar refractivity (Wildman–Crippen MR) is 86.5 cm³/mol. The van der Waals surface area contributed by atoms with Gasteiger partial charge in [0, 0.05) is 6.07 Å². The molecule has 0 saturated heterocycles. The quantitative estimate of drug-likeness (QED) is 0.733. The fourth-order valence-corrected chi connectivity index (χ4v) is 2.52. The van der Waals surface area contributed by atoms with E-state index in [1.54, 1.807) is 21.1 Å². The highest BCUT2D eigenvalue weighted by molar-refractivity contribution is 5.77. The van der Waals surface area contributed by atoms with E-state index in [-0.39, 0.29) is 5.92 Å². The third kappa shape index (κ3) is 5.22. The van der Waals surface area contributed by atoms with Gasteiger partial charge in [-0.2, -0.15) is 0 Å². The minimum Gasteiger partial charge on any atom is -0.497 e. The summed E-state index contributed by atoms with van der Waals surface area (Å²) in [5.41, 5.74) is 5.80. The van der Waals surface area contributed by atoms with E-state index in [0.29, 0.717) is 6.42 Å². The number of aliphatic carboxylic acids is 1. The molecule has 0 heterocycles. The SMILES string of the molecule is CCC(CCc1cc(OC)cc(OC)c1)CC(C)(N)C(=O)O. The largest absolute Gasteiger partial charge is 0.497 e. The predicted octanol–water partition coefficient (Wildman–Crippen LogP) is 2.85. The molecular formula is C17H27NO4. The summed E-state index contributed by atoms with van der Waals surface area (Å²) in [4.78, 5) is 11.2. The van der Waals surface area contributed by atoms with Crippen molar-refractivity contribution in [2.75, 3.05) is 14.2 Å². The van der Waals surface area contributed by atoms with Crippen LogP contribution >= 0.6 is 0 Å². The zero-order chi connectivity index (χ0) is 16.8. The fourth-order valence-electron chi connectivity index (χ4n) is 2.52. The van der Waals surface area contributed by atoms with Crippen molar-refractivity contribution in [2.24, 2.45) is 11.7 Å². The molecule has 0 fully saturated rings. The van der Waals surface area contributed by atoms with Gasteiger partial charge in [0.05, 0.1) is 14.2 Å². The maximum atomic E-state index is 11.2. The number of carbonyl (C=O) groups is 1. The van der Waals surface area contributed by atoms with Crippen molar-refractivity contribution in [2.45, 2.75) is 45.1 Å². The molecule has 2 unspecified atom stereocenters. The third-order valence-electron chi connectivity index (χ3n) is 4.03. The molecule has 0 amide bonds. The maximum absolute atomic E-state index is 11.2. The highest BCUT2D eigenvalue weighted by atomic mass is 16.5. The number of rotatable bonds is 9. The summed E-state index contributed by atoms with van der Waals surface area (Å²) >= 11 is 0. The van der Waals surface area contributed by atoms with Crippen LogP contribution in [0, 0.1) is 5.92 Å². The number of nitrogens with two attached hydrogens (primary N) is 1. The molecule has 0 saturated carbocycles. The van der Waals surface area contributed by atoms with Crippen molar-refractivity contribution in [1.29, 1.82) is 0 Å². The fraction of sp³-hybridized carbons (Fsp3) is 0.588. The summed E-state index contributed by atoms with van der Waals surface area (Å²) in [5.74, 6) is 0.838. The van der Waals surface area contributed by atoms with Crippen LogP contribution in [0.4, 0.5) is 0 Å². The Balaban J connectivity index is 2.72. The number of carboxylic acids is 1. The molecule has 5 heteroatoms. The van der Waals surface area contributed by atoms with E-state index in [2.05, 4.69) is 6.92 Å². The van der Waals surface area contributed by atoms with Gasteiger partial charge in [-0.15, -0.1) is 0 Å². The lowest BCUT2D eigenvalue weighted by Gasteiger charge is -2.25. The van der Waals surface area contributed by atoms with Crippen molar-refractivity contribution < 1.29 is 19.4 Å². The van der Waals surface area contributed by atoms with E-state index in [1.807, 2.05) is 18.2 Å². The van der Waals surface area contributed by atoms with Gasteiger partial charge in [-0.25, -0.2) is 0 Å². The Morgan fingerprint density at radius 3 is 2.23 bits per heavy atom. The Kier molecular flexibility index (Phi) is 6.68. The van der Waals surface area contributed by atoms with Gasteiger partial charge in [-0.05, 0) is 49.8 Å². The molecule has 1 aromatic carbocycles. The molecule has 0 radical (unpaired) electrons.